The Labute approximate surface area is 154 Å². The van der Waals surface area contributed by atoms with Crippen molar-refractivity contribution in [3.8, 4) is 0 Å². The van der Waals surface area contributed by atoms with Gasteiger partial charge < -0.3 is 19.9 Å². The van der Waals surface area contributed by atoms with E-state index in [1.807, 2.05) is 6.92 Å². The molecular weight excluding hydrogens is 338 g/mol. The van der Waals surface area contributed by atoms with Gasteiger partial charge in [-0.15, -0.1) is 11.3 Å². The number of piperazine rings is 1. The molecule has 2 rings (SSSR count). The minimum absolute atomic E-state index is 0.227. The number of hydrogen-bond acceptors (Lipinski definition) is 5. The summed E-state index contributed by atoms with van der Waals surface area (Å²) in [5.74, 6) is 1.36. The lowest BCUT2D eigenvalue weighted by Gasteiger charge is -2.35. The zero-order valence-electron chi connectivity index (χ0n) is 15.6. The zero-order valence-corrected chi connectivity index (χ0v) is 16.4. The summed E-state index contributed by atoms with van der Waals surface area (Å²) in [5, 5.41) is 6.73. The van der Waals surface area contributed by atoms with Crippen molar-refractivity contribution < 1.29 is 9.53 Å². The average molecular weight is 368 g/mol. The van der Waals surface area contributed by atoms with Gasteiger partial charge in [-0.2, -0.15) is 0 Å². The van der Waals surface area contributed by atoms with Gasteiger partial charge in [-0.3, -0.25) is 4.99 Å². The molecule has 7 nitrogen and oxygen atoms in total. The number of thiazole rings is 1. The third-order valence-corrected chi connectivity index (χ3v) is 5.24. The highest BCUT2D eigenvalue weighted by atomic mass is 32.1. The molecule has 0 radical (unpaired) electrons. The van der Waals surface area contributed by atoms with Gasteiger partial charge in [0.15, 0.2) is 5.96 Å². The molecular formula is C17H29N5O2S. The summed E-state index contributed by atoms with van der Waals surface area (Å²) in [4.78, 5) is 24.7. The normalized spacial score (nSPS) is 15.6. The van der Waals surface area contributed by atoms with Gasteiger partial charge in [0.1, 0.15) is 0 Å². The number of nitrogens with zero attached hydrogens (tertiary/aromatic N) is 4. The minimum atomic E-state index is -0.227. The van der Waals surface area contributed by atoms with Crippen molar-refractivity contribution in [2.24, 2.45) is 4.99 Å². The van der Waals surface area contributed by atoms with Gasteiger partial charge >= 0.3 is 6.09 Å². The van der Waals surface area contributed by atoms with E-state index in [0.717, 1.165) is 37.7 Å². The number of amides is 1. The molecule has 1 aliphatic heterocycles. The van der Waals surface area contributed by atoms with Crippen LogP contribution in [-0.2, 0) is 11.2 Å². The number of nitrogens with one attached hydrogen (secondary N) is 1. The highest BCUT2D eigenvalue weighted by molar-refractivity contribution is 7.09. The van der Waals surface area contributed by atoms with Crippen molar-refractivity contribution >= 4 is 23.4 Å². The van der Waals surface area contributed by atoms with E-state index in [-0.39, 0.29) is 6.09 Å². The van der Waals surface area contributed by atoms with Crippen LogP contribution in [0.2, 0.25) is 0 Å². The Bertz CT molecular complexity index is 579. The van der Waals surface area contributed by atoms with Crippen LogP contribution < -0.4 is 5.32 Å². The molecule has 1 fully saturated rings. The van der Waals surface area contributed by atoms with E-state index >= 15 is 0 Å². The monoisotopic (exact) mass is 367 g/mol. The molecule has 0 aliphatic carbocycles. The van der Waals surface area contributed by atoms with Crippen molar-refractivity contribution in [3.05, 3.63) is 16.1 Å². The molecule has 1 aromatic rings. The summed E-state index contributed by atoms with van der Waals surface area (Å²) in [6.45, 7) is 10.2. The van der Waals surface area contributed by atoms with Crippen molar-refractivity contribution in [1.82, 2.24) is 20.1 Å². The fourth-order valence-corrected chi connectivity index (χ4v) is 3.52. The lowest BCUT2D eigenvalue weighted by Crippen LogP contribution is -2.54. The predicted molar refractivity (Wildman–Crippen MR) is 101 cm³/mol. The number of carbonyl (C=O) groups is 1. The Hall–Kier alpha value is -1.83. The molecule has 140 valence electrons. The number of rotatable bonds is 5. The Morgan fingerprint density at radius 3 is 2.60 bits per heavy atom. The molecule has 1 N–H and O–H groups in total. The molecule has 8 heteroatoms. The molecule has 0 atom stereocenters. The second-order valence-electron chi connectivity index (χ2n) is 6.23. The smallest absolute Gasteiger partial charge is 0.409 e. The molecule has 1 amide bonds. The van der Waals surface area contributed by atoms with E-state index in [1.54, 1.807) is 23.3 Å². The lowest BCUT2D eigenvalue weighted by molar-refractivity contribution is 0.0915. The number of ether oxygens (including phenoxy) is 1. The summed E-state index contributed by atoms with van der Waals surface area (Å²) in [5.41, 5.74) is 1.13. The summed E-state index contributed by atoms with van der Waals surface area (Å²) < 4.78 is 5.05. The van der Waals surface area contributed by atoms with Crippen LogP contribution in [0.3, 0.4) is 0 Å². The van der Waals surface area contributed by atoms with E-state index in [4.69, 9.17) is 4.74 Å². The largest absolute Gasteiger partial charge is 0.450 e. The second kappa shape index (κ2) is 9.60. The first kappa shape index (κ1) is 19.5. The molecule has 0 bridgehead atoms. The van der Waals surface area contributed by atoms with Crippen LogP contribution in [0.5, 0.6) is 0 Å². The lowest BCUT2D eigenvalue weighted by atomic mass is 10.2. The van der Waals surface area contributed by atoms with E-state index in [2.05, 4.69) is 39.4 Å². The topological polar surface area (TPSA) is 70.1 Å². The highest BCUT2D eigenvalue weighted by Gasteiger charge is 2.23. The van der Waals surface area contributed by atoms with Crippen LogP contribution in [0.4, 0.5) is 4.79 Å². The SMILES string of the molecule is CCOC(=O)N1CCN(C(=NC)NCCc2csc(C(C)C)n2)CC1. The third-order valence-electron chi connectivity index (χ3n) is 4.04. The number of aliphatic imine (C=N–C) groups is 1. The fraction of sp³-hybridized carbons (Fsp3) is 0.706. The van der Waals surface area contributed by atoms with Gasteiger partial charge in [0.2, 0.25) is 0 Å². The number of aromatic nitrogens is 1. The van der Waals surface area contributed by atoms with E-state index < -0.39 is 0 Å². The van der Waals surface area contributed by atoms with Gasteiger partial charge in [-0.1, -0.05) is 13.8 Å². The maximum Gasteiger partial charge on any atom is 0.409 e. The molecule has 2 heterocycles. The van der Waals surface area contributed by atoms with Gasteiger partial charge in [0, 0.05) is 57.5 Å². The number of guanidine groups is 1. The molecule has 0 spiro atoms. The van der Waals surface area contributed by atoms with Gasteiger partial charge in [0.05, 0.1) is 17.3 Å². The van der Waals surface area contributed by atoms with Gasteiger partial charge in [0.25, 0.3) is 0 Å². The standard InChI is InChI=1S/C17H29N5O2S/c1-5-24-17(23)22-10-8-21(9-11-22)16(18-4)19-7-6-14-12-25-15(20-14)13(2)3/h12-13H,5-11H2,1-4H3,(H,18,19). The Morgan fingerprint density at radius 2 is 2.04 bits per heavy atom. The summed E-state index contributed by atoms with van der Waals surface area (Å²) in [7, 11) is 1.79. The summed E-state index contributed by atoms with van der Waals surface area (Å²) >= 11 is 1.73. The van der Waals surface area contributed by atoms with Crippen LogP contribution in [0.15, 0.2) is 10.4 Å². The minimum Gasteiger partial charge on any atom is -0.450 e. The molecule has 1 saturated heterocycles. The number of hydrogen-bond donors (Lipinski definition) is 1. The first-order chi connectivity index (χ1) is 12.0. The van der Waals surface area contributed by atoms with Crippen LogP contribution >= 0.6 is 11.3 Å². The molecule has 1 aliphatic rings. The van der Waals surface area contributed by atoms with Gasteiger partial charge in [-0.05, 0) is 6.92 Å². The van der Waals surface area contributed by atoms with Crippen molar-refractivity contribution in [2.45, 2.75) is 33.1 Å². The van der Waals surface area contributed by atoms with Crippen molar-refractivity contribution in [2.75, 3.05) is 46.4 Å². The second-order valence-corrected chi connectivity index (χ2v) is 7.12. The Balaban J connectivity index is 1.76. The molecule has 0 unspecified atom stereocenters. The Kier molecular flexibility index (Phi) is 7.49. The highest BCUT2D eigenvalue weighted by Crippen LogP contribution is 2.19. The van der Waals surface area contributed by atoms with Crippen LogP contribution in [0, 0.1) is 0 Å². The first-order valence-electron chi connectivity index (χ1n) is 8.86. The maximum absolute atomic E-state index is 11.8. The van der Waals surface area contributed by atoms with E-state index in [1.165, 1.54) is 5.01 Å². The van der Waals surface area contributed by atoms with Crippen molar-refractivity contribution in [1.29, 1.82) is 0 Å². The van der Waals surface area contributed by atoms with Crippen LogP contribution in [-0.4, -0.2) is 73.2 Å². The fourth-order valence-electron chi connectivity index (χ4n) is 2.65. The quantitative estimate of drug-likeness (QED) is 0.638. The first-order valence-corrected chi connectivity index (χ1v) is 9.74. The average Bonchev–Trinajstić information content (AvgIpc) is 3.08. The molecule has 0 aromatic carbocycles. The Morgan fingerprint density at radius 1 is 1.36 bits per heavy atom. The predicted octanol–water partition coefficient (Wildman–Crippen LogP) is 2.16. The summed E-state index contributed by atoms with van der Waals surface area (Å²) in [6.07, 6.45) is 0.653. The summed E-state index contributed by atoms with van der Waals surface area (Å²) in [6, 6.07) is 0. The van der Waals surface area contributed by atoms with Crippen molar-refractivity contribution in [3.63, 3.8) is 0 Å². The zero-order chi connectivity index (χ0) is 18.2. The maximum atomic E-state index is 11.8. The number of carbonyl (C=O) groups excluding carboxylic acids is 1. The van der Waals surface area contributed by atoms with E-state index in [9.17, 15) is 4.79 Å². The third kappa shape index (κ3) is 5.59. The molecule has 0 saturated carbocycles. The van der Waals surface area contributed by atoms with Gasteiger partial charge in [-0.25, -0.2) is 9.78 Å². The molecule has 1 aromatic heterocycles. The van der Waals surface area contributed by atoms with E-state index in [0.29, 0.717) is 25.6 Å². The molecule has 25 heavy (non-hydrogen) atoms. The van der Waals surface area contributed by atoms with Crippen LogP contribution in [0.25, 0.3) is 0 Å². The van der Waals surface area contributed by atoms with Crippen LogP contribution in [0.1, 0.15) is 37.4 Å².